The molecule has 164 valence electrons. The van der Waals surface area contributed by atoms with Crippen LogP contribution in [0.15, 0.2) is 18.2 Å². The Kier molecular flexibility index (Phi) is 6.73. The number of hydrogen-bond donors (Lipinski definition) is 1. The lowest BCUT2D eigenvalue weighted by Gasteiger charge is -2.20. The van der Waals surface area contributed by atoms with Crippen LogP contribution in [-0.4, -0.2) is 60.3 Å². The average Bonchev–Trinajstić information content (AvgIpc) is 3.41. The van der Waals surface area contributed by atoms with Gasteiger partial charge in [-0.25, -0.2) is 9.59 Å². The SMILES string of the molecule is CCOC(=O)C(=O)N1CC(c2ccc(OC(F)F)c(OCC3CC3)c2)C[C@H]1C(=O)O. The maximum Gasteiger partial charge on any atom is 0.397 e. The van der Waals surface area contributed by atoms with Crippen LogP contribution >= 0.6 is 0 Å². The number of likely N-dealkylation sites (tertiary alicyclic amines) is 1. The van der Waals surface area contributed by atoms with Gasteiger partial charge in [0, 0.05) is 12.5 Å². The molecule has 1 aliphatic heterocycles. The van der Waals surface area contributed by atoms with Crippen LogP contribution in [0.25, 0.3) is 0 Å². The Bertz CT molecular complexity index is 812. The third-order valence-electron chi connectivity index (χ3n) is 5.12. The van der Waals surface area contributed by atoms with E-state index in [1.165, 1.54) is 18.2 Å². The molecule has 1 unspecified atom stereocenters. The van der Waals surface area contributed by atoms with Gasteiger partial charge in [-0.1, -0.05) is 6.07 Å². The van der Waals surface area contributed by atoms with Crippen molar-refractivity contribution in [2.24, 2.45) is 5.92 Å². The number of ether oxygens (including phenoxy) is 3. The highest BCUT2D eigenvalue weighted by atomic mass is 19.3. The molecule has 1 aromatic rings. The maximum atomic E-state index is 12.7. The minimum absolute atomic E-state index is 0.00707. The summed E-state index contributed by atoms with van der Waals surface area (Å²) in [6.07, 6.45) is 2.09. The van der Waals surface area contributed by atoms with Gasteiger partial charge < -0.3 is 24.2 Å². The number of amides is 1. The van der Waals surface area contributed by atoms with E-state index in [2.05, 4.69) is 9.47 Å². The number of benzene rings is 1. The lowest BCUT2D eigenvalue weighted by Crippen LogP contribution is -2.44. The first-order chi connectivity index (χ1) is 14.3. The number of nitrogens with zero attached hydrogens (tertiary/aromatic N) is 1. The number of carboxylic acids is 1. The first-order valence-corrected chi connectivity index (χ1v) is 9.72. The third-order valence-corrected chi connectivity index (χ3v) is 5.12. The molecule has 3 rings (SSSR count). The largest absolute Gasteiger partial charge is 0.489 e. The van der Waals surface area contributed by atoms with Crippen LogP contribution in [0.3, 0.4) is 0 Å². The van der Waals surface area contributed by atoms with E-state index < -0.39 is 36.4 Å². The molecular weight excluding hydrogens is 404 g/mol. The minimum atomic E-state index is -3.01. The fraction of sp³-hybridized carbons (Fsp3) is 0.550. The number of carbonyl (C=O) groups excluding carboxylic acids is 2. The van der Waals surface area contributed by atoms with Gasteiger partial charge >= 0.3 is 24.5 Å². The molecular formula is C20H23F2NO7. The summed E-state index contributed by atoms with van der Waals surface area (Å²) in [4.78, 5) is 36.7. The van der Waals surface area contributed by atoms with Crippen molar-refractivity contribution in [3.63, 3.8) is 0 Å². The van der Waals surface area contributed by atoms with Crippen molar-refractivity contribution in [3.05, 3.63) is 23.8 Å². The zero-order valence-corrected chi connectivity index (χ0v) is 16.4. The molecule has 0 bridgehead atoms. The van der Waals surface area contributed by atoms with Crippen molar-refractivity contribution in [2.45, 2.75) is 44.8 Å². The van der Waals surface area contributed by atoms with Gasteiger partial charge in [-0.3, -0.25) is 4.79 Å². The molecule has 0 spiro atoms. The monoisotopic (exact) mass is 427 g/mol. The smallest absolute Gasteiger partial charge is 0.397 e. The molecule has 30 heavy (non-hydrogen) atoms. The number of halogens is 2. The molecule has 1 saturated carbocycles. The standard InChI is InChI=1S/C20H23F2NO7/c1-2-28-19(27)17(24)23-9-13(7-14(23)18(25)26)12-5-6-15(30-20(21)22)16(8-12)29-10-11-3-4-11/h5-6,8,11,13-14,20H,2-4,7,9-10H2,1H3,(H,25,26)/t13?,14-/m0/s1. The number of esters is 1. The van der Waals surface area contributed by atoms with Crippen molar-refractivity contribution >= 4 is 17.8 Å². The second-order valence-electron chi connectivity index (χ2n) is 7.30. The van der Waals surface area contributed by atoms with E-state index in [0.29, 0.717) is 18.1 Å². The van der Waals surface area contributed by atoms with Gasteiger partial charge in [-0.15, -0.1) is 0 Å². The summed E-state index contributed by atoms with van der Waals surface area (Å²) < 4.78 is 40.3. The highest BCUT2D eigenvalue weighted by molar-refractivity contribution is 6.32. The first-order valence-electron chi connectivity index (χ1n) is 9.72. The van der Waals surface area contributed by atoms with Gasteiger partial charge in [-0.2, -0.15) is 8.78 Å². The molecule has 2 fully saturated rings. The fourth-order valence-corrected chi connectivity index (χ4v) is 3.42. The molecule has 1 heterocycles. The predicted octanol–water partition coefficient (Wildman–Crippen LogP) is 2.41. The van der Waals surface area contributed by atoms with Gasteiger partial charge in [0.1, 0.15) is 6.04 Å². The van der Waals surface area contributed by atoms with Crippen LogP contribution < -0.4 is 9.47 Å². The van der Waals surface area contributed by atoms with Gasteiger partial charge in [-0.05, 0) is 49.8 Å². The van der Waals surface area contributed by atoms with Crippen LogP contribution in [0.5, 0.6) is 11.5 Å². The summed E-state index contributed by atoms with van der Waals surface area (Å²) in [7, 11) is 0. The molecule has 1 N–H and O–H groups in total. The normalized spacial score (nSPS) is 20.9. The zero-order valence-electron chi connectivity index (χ0n) is 16.4. The summed E-state index contributed by atoms with van der Waals surface area (Å²) in [6, 6.07) is 3.21. The van der Waals surface area contributed by atoms with Crippen molar-refractivity contribution in [1.29, 1.82) is 0 Å². The van der Waals surface area contributed by atoms with Crippen LogP contribution in [-0.2, 0) is 19.1 Å². The number of aliphatic carboxylic acids is 1. The van der Waals surface area contributed by atoms with Crippen LogP contribution in [0, 0.1) is 5.92 Å². The van der Waals surface area contributed by atoms with Crippen molar-refractivity contribution in [1.82, 2.24) is 4.90 Å². The van der Waals surface area contributed by atoms with E-state index in [1.807, 2.05) is 0 Å². The van der Waals surface area contributed by atoms with Gasteiger partial charge in [0.25, 0.3) is 0 Å². The van der Waals surface area contributed by atoms with E-state index in [0.717, 1.165) is 17.7 Å². The molecule has 0 aromatic heterocycles. The third kappa shape index (κ3) is 5.17. The number of hydrogen-bond acceptors (Lipinski definition) is 6. The van der Waals surface area contributed by atoms with Crippen molar-refractivity contribution in [3.8, 4) is 11.5 Å². The molecule has 10 heteroatoms. The van der Waals surface area contributed by atoms with E-state index in [-0.39, 0.29) is 31.1 Å². The van der Waals surface area contributed by atoms with Crippen LogP contribution in [0.1, 0.15) is 37.7 Å². The molecule has 1 amide bonds. The average molecular weight is 427 g/mol. The zero-order chi connectivity index (χ0) is 21.8. The lowest BCUT2D eigenvalue weighted by atomic mass is 9.96. The Morgan fingerprint density at radius 3 is 2.57 bits per heavy atom. The number of rotatable bonds is 8. The summed E-state index contributed by atoms with van der Waals surface area (Å²) in [6.45, 7) is -1.13. The lowest BCUT2D eigenvalue weighted by molar-refractivity contribution is -0.162. The Hall–Kier alpha value is -2.91. The molecule has 1 aliphatic carbocycles. The second kappa shape index (κ2) is 9.27. The van der Waals surface area contributed by atoms with Gasteiger partial charge in [0.05, 0.1) is 13.2 Å². The van der Waals surface area contributed by atoms with E-state index >= 15 is 0 Å². The summed E-state index contributed by atoms with van der Waals surface area (Å²) >= 11 is 0. The second-order valence-corrected chi connectivity index (χ2v) is 7.30. The minimum Gasteiger partial charge on any atom is -0.489 e. The molecule has 2 atom stereocenters. The summed E-state index contributed by atoms with van der Waals surface area (Å²) in [5.74, 6) is -3.38. The molecule has 0 radical (unpaired) electrons. The topological polar surface area (TPSA) is 102 Å². The van der Waals surface area contributed by atoms with Gasteiger partial charge in [0.2, 0.25) is 0 Å². The quantitative estimate of drug-likeness (QED) is 0.502. The van der Waals surface area contributed by atoms with Crippen LogP contribution in [0.2, 0.25) is 0 Å². The van der Waals surface area contributed by atoms with Crippen molar-refractivity contribution < 1.29 is 42.5 Å². The van der Waals surface area contributed by atoms with E-state index in [4.69, 9.17) is 4.74 Å². The van der Waals surface area contributed by atoms with Crippen LogP contribution in [0.4, 0.5) is 8.78 Å². The molecule has 1 saturated heterocycles. The molecule has 8 nitrogen and oxygen atoms in total. The highest BCUT2D eigenvalue weighted by Gasteiger charge is 2.43. The van der Waals surface area contributed by atoms with E-state index in [1.54, 1.807) is 6.92 Å². The number of alkyl halides is 2. The maximum absolute atomic E-state index is 12.7. The Morgan fingerprint density at radius 1 is 1.23 bits per heavy atom. The van der Waals surface area contributed by atoms with Crippen molar-refractivity contribution in [2.75, 3.05) is 19.8 Å². The highest BCUT2D eigenvalue weighted by Crippen LogP contribution is 2.39. The Morgan fingerprint density at radius 2 is 1.97 bits per heavy atom. The number of carbonyl (C=O) groups is 3. The molecule has 2 aliphatic rings. The molecule has 1 aromatic carbocycles. The number of carboxylic acid groups (broad SMARTS) is 1. The summed E-state index contributed by atoms with van der Waals surface area (Å²) in [5, 5.41) is 9.48. The Labute approximate surface area is 171 Å². The first kappa shape index (κ1) is 21.8. The summed E-state index contributed by atoms with van der Waals surface area (Å²) in [5.41, 5.74) is 0.604. The fourth-order valence-electron chi connectivity index (χ4n) is 3.42. The predicted molar refractivity (Wildman–Crippen MR) is 98.4 cm³/mol. The Balaban J connectivity index is 1.81. The van der Waals surface area contributed by atoms with E-state index in [9.17, 15) is 28.3 Å². The van der Waals surface area contributed by atoms with Gasteiger partial charge in [0.15, 0.2) is 11.5 Å².